The van der Waals surface area contributed by atoms with E-state index >= 15 is 0 Å². The smallest absolute Gasteiger partial charge is 0.321 e. The number of ether oxygens (including phenoxy) is 3. The summed E-state index contributed by atoms with van der Waals surface area (Å²) in [5.74, 6) is 0.784. The van der Waals surface area contributed by atoms with E-state index in [1.54, 1.807) is 30.3 Å². The van der Waals surface area contributed by atoms with Crippen LogP contribution >= 0.6 is 0 Å². The van der Waals surface area contributed by atoms with E-state index in [-0.39, 0.29) is 18.5 Å². The van der Waals surface area contributed by atoms with Crippen LogP contribution in [0.15, 0.2) is 48.7 Å². The molecule has 4 amide bonds. The number of carbonyl (C=O) groups is 3. The molecule has 2 N–H and O–H groups in total. The van der Waals surface area contributed by atoms with Crippen LogP contribution in [0.3, 0.4) is 0 Å². The van der Waals surface area contributed by atoms with E-state index in [9.17, 15) is 14.4 Å². The summed E-state index contributed by atoms with van der Waals surface area (Å²) in [5, 5.41) is 4.84. The van der Waals surface area contributed by atoms with Crippen LogP contribution in [0.25, 0.3) is 11.1 Å². The van der Waals surface area contributed by atoms with Gasteiger partial charge in [0.25, 0.3) is 5.91 Å². The Morgan fingerprint density at radius 1 is 1.08 bits per heavy atom. The minimum Gasteiger partial charge on any atom is -0.497 e. The first-order valence-corrected chi connectivity index (χ1v) is 11.0. The number of imide groups is 1. The molecule has 0 unspecified atom stereocenters. The number of urea groups is 1. The molecule has 36 heavy (non-hydrogen) atoms. The third-order valence-corrected chi connectivity index (χ3v) is 5.83. The topological polar surface area (TPSA) is 132 Å². The summed E-state index contributed by atoms with van der Waals surface area (Å²) in [6.45, 7) is 0.584. The lowest BCUT2D eigenvalue weighted by molar-refractivity contribution is -0.108. The van der Waals surface area contributed by atoms with Crippen molar-refractivity contribution >= 4 is 18.3 Å². The van der Waals surface area contributed by atoms with Crippen LogP contribution in [0.4, 0.5) is 4.79 Å². The van der Waals surface area contributed by atoms with Crippen LogP contribution in [-0.4, -0.2) is 61.1 Å². The van der Waals surface area contributed by atoms with Gasteiger partial charge in [0.2, 0.25) is 12.3 Å². The van der Waals surface area contributed by atoms with Crippen molar-refractivity contribution in [3.05, 3.63) is 65.4 Å². The number of nitrogens with one attached hydrogen (secondary N) is 2. The molecule has 0 spiro atoms. The third kappa shape index (κ3) is 5.04. The van der Waals surface area contributed by atoms with E-state index < -0.39 is 12.1 Å². The van der Waals surface area contributed by atoms with Gasteiger partial charge in [0.1, 0.15) is 5.75 Å². The number of benzene rings is 2. The minimum atomic E-state index is -0.671. The van der Waals surface area contributed by atoms with Crippen molar-refractivity contribution in [1.29, 1.82) is 0 Å². The molecule has 11 heteroatoms. The molecule has 1 aliphatic heterocycles. The van der Waals surface area contributed by atoms with Crippen LogP contribution in [0.5, 0.6) is 17.6 Å². The van der Waals surface area contributed by atoms with E-state index in [4.69, 9.17) is 14.2 Å². The standard InChI is InChI=1S/C25H25N5O6/c1-34-18-9-8-17-12-30(23(32)19(17)10-18)13-21(28-24(33)27-14-31)16-6-4-15(5-7-16)20-11-26-25(36-3)29-22(20)35-2/h4-11,14,21H,12-13H2,1-3H3,(H2,27,28,31,33)/t21-/m0/s1. The highest BCUT2D eigenvalue weighted by atomic mass is 16.5. The van der Waals surface area contributed by atoms with E-state index in [1.165, 1.54) is 14.2 Å². The summed E-state index contributed by atoms with van der Waals surface area (Å²) in [6.07, 6.45) is 1.90. The molecule has 0 fully saturated rings. The third-order valence-electron chi connectivity index (χ3n) is 5.83. The number of fused-ring (bicyclic) bond motifs is 1. The molecule has 0 saturated carbocycles. The maximum absolute atomic E-state index is 13.1. The monoisotopic (exact) mass is 491 g/mol. The SMILES string of the molecule is COc1ccc2c(c1)C(=O)N(C[C@H](NC(=O)NC=O)c1ccc(-c3cnc(OC)nc3OC)cc1)C2. The first-order valence-electron chi connectivity index (χ1n) is 11.0. The minimum absolute atomic E-state index is 0.164. The van der Waals surface area contributed by atoms with Crippen molar-refractivity contribution < 1.29 is 28.6 Å². The lowest BCUT2D eigenvalue weighted by atomic mass is 10.0. The molecule has 0 saturated heterocycles. The highest BCUT2D eigenvalue weighted by Gasteiger charge is 2.30. The van der Waals surface area contributed by atoms with E-state index in [2.05, 4.69) is 20.6 Å². The molecule has 0 aliphatic carbocycles. The van der Waals surface area contributed by atoms with Gasteiger partial charge in [-0.15, -0.1) is 0 Å². The molecule has 1 aliphatic rings. The number of hydrogen-bond donors (Lipinski definition) is 2. The summed E-state index contributed by atoms with van der Waals surface area (Å²) >= 11 is 0. The van der Waals surface area contributed by atoms with E-state index in [0.29, 0.717) is 35.7 Å². The molecule has 2 heterocycles. The fourth-order valence-electron chi connectivity index (χ4n) is 4.02. The van der Waals surface area contributed by atoms with E-state index in [1.807, 2.05) is 30.3 Å². The molecule has 1 atom stereocenters. The summed E-state index contributed by atoms with van der Waals surface area (Å²) in [4.78, 5) is 46.0. The Labute approximate surface area is 207 Å². The molecule has 186 valence electrons. The molecule has 0 radical (unpaired) electrons. The first-order chi connectivity index (χ1) is 17.5. The average Bonchev–Trinajstić information content (AvgIpc) is 3.22. The van der Waals surface area contributed by atoms with Crippen molar-refractivity contribution in [2.75, 3.05) is 27.9 Å². The predicted octanol–water partition coefficient (Wildman–Crippen LogP) is 2.32. The molecule has 4 rings (SSSR count). The second-order valence-electron chi connectivity index (χ2n) is 7.90. The fourth-order valence-corrected chi connectivity index (χ4v) is 4.02. The molecular formula is C25H25N5O6. The van der Waals surface area contributed by atoms with Crippen LogP contribution in [0.2, 0.25) is 0 Å². The van der Waals surface area contributed by atoms with Crippen molar-refractivity contribution in [3.63, 3.8) is 0 Å². The molecule has 1 aromatic heterocycles. The zero-order valence-corrected chi connectivity index (χ0v) is 20.0. The summed E-state index contributed by atoms with van der Waals surface area (Å²) in [7, 11) is 4.52. The lowest BCUT2D eigenvalue weighted by Gasteiger charge is -2.25. The van der Waals surface area contributed by atoms with Gasteiger partial charge >= 0.3 is 12.0 Å². The molecule has 0 bridgehead atoms. The summed E-state index contributed by atoms with van der Waals surface area (Å²) in [5.41, 5.74) is 3.61. The highest BCUT2D eigenvalue weighted by molar-refractivity contribution is 5.98. The van der Waals surface area contributed by atoms with Gasteiger partial charge in [-0.2, -0.15) is 4.98 Å². The van der Waals surface area contributed by atoms with Crippen LogP contribution in [0.1, 0.15) is 27.5 Å². The Balaban J connectivity index is 1.59. The molecule has 3 aromatic rings. The number of aromatic nitrogens is 2. The largest absolute Gasteiger partial charge is 0.497 e. The number of methoxy groups -OCH3 is 3. The van der Waals surface area contributed by atoms with Gasteiger partial charge in [-0.05, 0) is 28.8 Å². The molecule has 11 nitrogen and oxygen atoms in total. The van der Waals surface area contributed by atoms with Crippen molar-refractivity contribution in [2.45, 2.75) is 12.6 Å². The number of nitrogens with zero attached hydrogens (tertiary/aromatic N) is 3. The molecule has 2 aromatic carbocycles. The number of hydrogen-bond acceptors (Lipinski definition) is 8. The Hall–Kier alpha value is -4.67. The normalized spacial score (nSPS) is 13.0. The van der Waals surface area contributed by atoms with Crippen LogP contribution in [0, 0.1) is 0 Å². The summed E-state index contributed by atoms with van der Waals surface area (Å²) in [6, 6.07) is 11.6. The zero-order valence-electron chi connectivity index (χ0n) is 20.0. The lowest BCUT2D eigenvalue weighted by Crippen LogP contribution is -2.42. The fraction of sp³-hybridized carbons (Fsp3) is 0.240. The van der Waals surface area contributed by atoms with Crippen molar-refractivity contribution in [1.82, 2.24) is 25.5 Å². The van der Waals surface area contributed by atoms with Crippen LogP contribution in [-0.2, 0) is 11.3 Å². The zero-order chi connectivity index (χ0) is 25.7. The van der Waals surface area contributed by atoms with Gasteiger partial charge < -0.3 is 24.4 Å². The second kappa shape index (κ2) is 10.7. The number of carbonyl (C=O) groups excluding carboxylic acids is 3. The Kier molecular flexibility index (Phi) is 7.28. The first kappa shape index (κ1) is 24.5. The number of rotatable bonds is 9. The van der Waals surface area contributed by atoms with Crippen molar-refractivity contribution in [3.8, 4) is 28.8 Å². The van der Waals surface area contributed by atoms with Gasteiger partial charge in [-0.3, -0.25) is 14.9 Å². The van der Waals surface area contributed by atoms with Gasteiger partial charge in [0, 0.05) is 24.8 Å². The predicted molar refractivity (Wildman–Crippen MR) is 129 cm³/mol. The van der Waals surface area contributed by atoms with Crippen molar-refractivity contribution in [2.24, 2.45) is 0 Å². The Bertz CT molecular complexity index is 1280. The van der Waals surface area contributed by atoms with Gasteiger partial charge in [0.05, 0.1) is 32.9 Å². The maximum Gasteiger partial charge on any atom is 0.321 e. The summed E-state index contributed by atoms with van der Waals surface area (Å²) < 4.78 is 15.7. The Morgan fingerprint density at radius 3 is 2.53 bits per heavy atom. The van der Waals surface area contributed by atoms with Gasteiger partial charge in [-0.25, -0.2) is 9.78 Å². The quantitative estimate of drug-likeness (QED) is 0.436. The molecular weight excluding hydrogens is 466 g/mol. The second-order valence-corrected chi connectivity index (χ2v) is 7.90. The average molecular weight is 492 g/mol. The van der Waals surface area contributed by atoms with Gasteiger partial charge in [-0.1, -0.05) is 30.3 Å². The highest BCUT2D eigenvalue weighted by Crippen LogP contribution is 2.31. The Morgan fingerprint density at radius 2 is 1.86 bits per heavy atom. The number of amides is 4. The van der Waals surface area contributed by atoms with Crippen LogP contribution < -0.4 is 24.8 Å². The van der Waals surface area contributed by atoms with E-state index in [0.717, 1.165) is 16.7 Å². The maximum atomic E-state index is 13.1. The van der Waals surface area contributed by atoms with Gasteiger partial charge in [0.15, 0.2) is 0 Å².